The molecule has 2 N–H and O–H groups in total. The number of hydrogen-bond acceptors (Lipinski definition) is 2. The Morgan fingerprint density at radius 3 is 2.53 bits per heavy atom. The molecule has 1 heterocycles. The molecule has 1 saturated heterocycles. The van der Waals surface area contributed by atoms with Crippen LogP contribution in [0, 0.1) is 11.8 Å². The van der Waals surface area contributed by atoms with Gasteiger partial charge in [0.25, 0.3) is 0 Å². The fourth-order valence-electron chi connectivity index (χ4n) is 3.38. The van der Waals surface area contributed by atoms with E-state index in [0.29, 0.717) is 6.04 Å². The molecule has 0 bridgehead atoms. The number of nitrogens with zero attached hydrogens (tertiary/aromatic N) is 1. The summed E-state index contributed by atoms with van der Waals surface area (Å²) in [6.07, 6.45) is 7.67. The maximum atomic E-state index is 12.4. The second kappa shape index (κ2) is 5.38. The van der Waals surface area contributed by atoms with E-state index in [0.717, 1.165) is 12.5 Å². The first-order valence-electron chi connectivity index (χ1n) is 7.17. The molecule has 17 heavy (non-hydrogen) atoms. The highest BCUT2D eigenvalue weighted by Gasteiger charge is 2.37. The molecule has 1 aliphatic carbocycles. The molecule has 2 aliphatic rings. The molecule has 98 valence electrons. The third-order valence-electron chi connectivity index (χ3n) is 4.70. The molecular formula is C14H26N2O. The van der Waals surface area contributed by atoms with Gasteiger partial charge in [-0.05, 0) is 38.5 Å². The number of nitrogens with two attached hydrogens (primary N) is 1. The summed E-state index contributed by atoms with van der Waals surface area (Å²) in [6.45, 7) is 4.86. The van der Waals surface area contributed by atoms with Gasteiger partial charge < -0.3 is 10.6 Å². The highest BCUT2D eigenvalue weighted by molar-refractivity contribution is 5.79. The Kier molecular flexibility index (Phi) is 4.08. The number of piperidine rings is 1. The first kappa shape index (κ1) is 12.9. The smallest absolute Gasteiger partial charge is 0.227 e. The Morgan fingerprint density at radius 2 is 1.82 bits per heavy atom. The molecule has 0 radical (unpaired) electrons. The van der Waals surface area contributed by atoms with E-state index < -0.39 is 0 Å². The average Bonchev–Trinajstić information content (AvgIpc) is 2.36. The van der Waals surface area contributed by atoms with Crippen molar-refractivity contribution in [1.29, 1.82) is 0 Å². The SMILES string of the molecule is CC(N)C(C)C(=O)N1CCCC2CCCCC21. The van der Waals surface area contributed by atoms with Crippen LogP contribution >= 0.6 is 0 Å². The summed E-state index contributed by atoms with van der Waals surface area (Å²) in [5, 5.41) is 0. The summed E-state index contributed by atoms with van der Waals surface area (Å²) in [7, 11) is 0. The van der Waals surface area contributed by atoms with Crippen molar-refractivity contribution in [2.45, 2.75) is 64.5 Å². The third kappa shape index (κ3) is 2.65. The third-order valence-corrected chi connectivity index (χ3v) is 4.70. The van der Waals surface area contributed by atoms with Crippen molar-refractivity contribution >= 4 is 5.91 Å². The van der Waals surface area contributed by atoms with Gasteiger partial charge in [-0.3, -0.25) is 4.79 Å². The van der Waals surface area contributed by atoms with Crippen LogP contribution in [0.5, 0.6) is 0 Å². The zero-order chi connectivity index (χ0) is 12.4. The second-order valence-electron chi connectivity index (χ2n) is 5.93. The van der Waals surface area contributed by atoms with Gasteiger partial charge >= 0.3 is 0 Å². The Bertz CT molecular complexity index is 275. The van der Waals surface area contributed by atoms with Gasteiger partial charge in [-0.15, -0.1) is 0 Å². The number of amides is 1. The van der Waals surface area contributed by atoms with E-state index >= 15 is 0 Å². The Morgan fingerprint density at radius 1 is 1.18 bits per heavy atom. The molecule has 3 heteroatoms. The van der Waals surface area contributed by atoms with Crippen molar-refractivity contribution in [3.8, 4) is 0 Å². The van der Waals surface area contributed by atoms with Gasteiger partial charge in [0, 0.05) is 18.6 Å². The fourth-order valence-corrected chi connectivity index (χ4v) is 3.38. The van der Waals surface area contributed by atoms with Crippen LogP contribution in [0.1, 0.15) is 52.4 Å². The number of carbonyl (C=O) groups excluding carboxylic acids is 1. The lowest BCUT2D eigenvalue weighted by molar-refractivity contribution is -0.142. The number of likely N-dealkylation sites (tertiary alicyclic amines) is 1. The van der Waals surface area contributed by atoms with E-state index in [4.69, 9.17) is 5.73 Å². The summed E-state index contributed by atoms with van der Waals surface area (Å²) in [5.41, 5.74) is 5.86. The number of hydrogen-bond donors (Lipinski definition) is 1. The van der Waals surface area contributed by atoms with E-state index in [9.17, 15) is 4.79 Å². The molecule has 0 aromatic carbocycles. The lowest BCUT2D eigenvalue weighted by Crippen LogP contribution is -2.53. The summed E-state index contributed by atoms with van der Waals surface area (Å²) >= 11 is 0. The zero-order valence-electron chi connectivity index (χ0n) is 11.2. The molecule has 0 aromatic heterocycles. The Labute approximate surface area is 105 Å². The van der Waals surface area contributed by atoms with Crippen LogP contribution < -0.4 is 5.73 Å². The van der Waals surface area contributed by atoms with Crippen LogP contribution in [0.3, 0.4) is 0 Å². The quantitative estimate of drug-likeness (QED) is 0.801. The van der Waals surface area contributed by atoms with Crippen LogP contribution in [0.25, 0.3) is 0 Å². The molecule has 0 aromatic rings. The van der Waals surface area contributed by atoms with Crippen molar-refractivity contribution < 1.29 is 4.79 Å². The van der Waals surface area contributed by atoms with E-state index in [2.05, 4.69) is 4.90 Å². The van der Waals surface area contributed by atoms with Crippen LogP contribution in [0.4, 0.5) is 0 Å². The van der Waals surface area contributed by atoms with Crippen molar-refractivity contribution in [1.82, 2.24) is 4.90 Å². The van der Waals surface area contributed by atoms with E-state index in [1.165, 1.54) is 38.5 Å². The normalized spacial score (nSPS) is 32.8. The highest BCUT2D eigenvalue weighted by Crippen LogP contribution is 2.35. The standard InChI is InChI=1S/C14H26N2O/c1-10(11(2)15)14(17)16-9-5-7-12-6-3-4-8-13(12)16/h10-13H,3-9,15H2,1-2H3. The summed E-state index contributed by atoms with van der Waals surface area (Å²) < 4.78 is 0. The molecule has 1 aliphatic heterocycles. The predicted octanol–water partition coefficient (Wildman–Crippen LogP) is 2.15. The minimum absolute atomic E-state index is 0.0318. The van der Waals surface area contributed by atoms with Gasteiger partial charge in [-0.1, -0.05) is 19.8 Å². The highest BCUT2D eigenvalue weighted by atomic mass is 16.2. The van der Waals surface area contributed by atoms with E-state index in [-0.39, 0.29) is 17.9 Å². The van der Waals surface area contributed by atoms with Gasteiger partial charge in [0.15, 0.2) is 0 Å². The molecule has 4 unspecified atom stereocenters. The second-order valence-corrected chi connectivity index (χ2v) is 5.93. The minimum Gasteiger partial charge on any atom is -0.339 e. The fraction of sp³-hybridized carbons (Fsp3) is 0.929. The van der Waals surface area contributed by atoms with Gasteiger partial charge in [0.05, 0.1) is 5.92 Å². The lowest BCUT2D eigenvalue weighted by atomic mass is 9.78. The monoisotopic (exact) mass is 238 g/mol. The van der Waals surface area contributed by atoms with Crippen molar-refractivity contribution in [2.24, 2.45) is 17.6 Å². The average molecular weight is 238 g/mol. The number of carbonyl (C=O) groups is 1. The summed E-state index contributed by atoms with van der Waals surface area (Å²) in [5.74, 6) is 1.02. The lowest BCUT2D eigenvalue weighted by Gasteiger charge is -2.45. The predicted molar refractivity (Wildman–Crippen MR) is 69.5 cm³/mol. The van der Waals surface area contributed by atoms with Gasteiger partial charge in [-0.2, -0.15) is 0 Å². The first-order valence-corrected chi connectivity index (χ1v) is 7.17. The van der Waals surface area contributed by atoms with Crippen LogP contribution in [0.15, 0.2) is 0 Å². The van der Waals surface area contributed by atoms with E-state index in [1.54, 1.807) is 0 Å². The number of rotatable bonds is 2. The zero-order valence-corrected chi connectivity index (χ0v) is 11.2. The van der Waals surface area contributed by atoms with E-state index in [1.807, 2.05) is 13.8 Å². The van der Waals surface area contributed by atoms with Crippen molar-refractivity contribution in [3.05, 3.63) is 0 Å². The van der Waals surface area contributed by atoms with Crippen LogP contribution in [-0.2, 0) is 4.79 Å². The topological polar surface area (TPSA) is 46.3 Å². The van der Waals surface area contributed by atoms with Gasteiger partial charge in [0.2, 0.25) is 5.91 Å². The Balaban J connectivity index is 2.05. The van der Waals surface area contributed by atoms with Crippen molar-refractivity contribution in [2.75, 3.05) is 6.54 Å². The molecule has 1 amide bonds. The summed E-state index contributed by atoms with van der Waals surface area (Å²) in [6, 6.07) is 0.484. The molecular weight excluding hydrogens is 212 g/mol. The maximum absolute atomic E-state index is 12.4. The molecule has 1 saturated carbocycles. The van der Waals surface area contributed by atoms with Gasteiger partial charge in [0.1, 0.15) is 0 Å². The minimum atomic E-state index is -0.0357. The van der Waals surface area contributed by atoms with Crippen molar-refractivity contribution in [3.63, 3.8) is 0 Å². The molecule has 0 spiro atoms. The molecule has 2 rings (SSSR count). The molecule has 2 fully saturated rings. The number of fused-ring (bicyclic) bond motifs is 1. The largest absolute Gasteiger partial charge is 0.339 e. The van der Waals surface area contributed by atoms with Gasteiger partial charge in [-0.25, -0.2) is 0 Å². The molecule has 4 atom stereocenters. The molecule has 3 nitrogen and oxygen atoms in total. The first-order chi connectivity index (χ1) is 8.11. The Hall–Kier alpha value is -0.570. The summed E-state index contributed by atoms with van der Waals surface area (Å²) in [4.78, 5) is 14.6. The maximum Gasteiger partial charge on any atom is 0.227 e. The van der Waals surface area contributed by atoms with Crippen LogP contribution in [-0.4, -0.2) is 29.4 Å². The van der Waals surface area contributed by atoms with Crippen LogP contribution in [0.2, 0.25) is 0 Å².